The minimum absolute atomic E-state index is 0.721. The topological polar surface area (TPSA) is 40.4 Å². The summed E-state index contributed by atoms with van der Waals surface area (Å²) in [7, 11) is -3.02. The van der Waals surface area contributed by atoms with Crippen molar-refractivity contribution >= 4 is 10.2 Å². The van der Waals surface area contributed by atoms with Gasteiger partial charge in [-0.2, -0.15) is 17.0 Å². The summed E-state index contributed by atoms with van der Waals surface area (Å²) in [4.78, 5) is 0. The van der Waals surface area contributed by atoms with Gasteiger partial charge in [-0.3, -0.25) is 0 Å². The molecule has 2 aliphatic heterocycles. The maximum atomic E-state index is 11.6. The highest BCUT2D eigenvalue weighted by Crippen LogP contribution is 2.20. The fraction of sp³-hybridized carbons (Fsp3) is 1.00. The van der Waals surface area contributed by atoms with Gasteiger partial charge in [-0.05, 0) is 12.8 Å². The zero-order chi connectivity index (χ0) is 8.60. The number of nitrogens with zero attached hydrogens (tertiary/aromatic N) is 2. The van der Waals surface area contributed by atoms with Gasteiger partial charge in [0, 0.05) is 26.2 Å². The average Bonchev–Trinajstić information content (AvgIpc) is 2.88. The van der Waals surface area contributed by atoms with Crippen LogP contribution in [0.5, 0.6) is 0 Å². The Kier molecular flexibility index (Phi) is 2.10. The highest BCUT2D eigenvalue weighted by molar-refractivity contribution is 7.87. The standard InChI is InChI=1S/C7H14N2O2S/c10-12(11,9-6-7-9)8-4-2-1-3-5-8/h1-7H2. The van der Waals surface area contributed by atoms with Gasteiger partial charge < -0.3 is 0 Å². The molecule has 70 valence electrons. The molecule has 4 nitrogen and oxygen atoms in total. The van der Waals surface area contributed by atoms with Crippen LogP contribution >= 0.6 is 0 Å². The van der Waals surface area contributed by atoms with E-state index in [1.54, 1.807) is 4.31 Å². The molecule has 2 aliphatic rings. The van der Waals surface area contributed by atoms with Crippen molar-refractivity contribution in [1.29, 1.82) is 0 Å². The van der Waals surface area contributed by atoms with Crippen LogP contribution in [0.15, 0.2) is 0 Å². The van der Waals surface area contributed by atoms with Crippen LogP contribution in [0.2, 0.25) is 0 Å². The van der Waals surface area contributed by atoms with Gasteiger partial charge in [0.25, 0.3) is 10.2 Å². The van der Waals surface area contributed by atoms with Crippen LogP contribution < -0.4 is 0 Å². The molecule has 0 bridgehead atoms. The molecule has 0 aromatic carbocycles. The van der Waals surface area contributed by atoms with Gasteiger partial charge in [-0.1, -0.05) is 6.42 Å². The molecule has 0 aromatic rings. The Labute approximate surface area is 73.3 Å². The Balaban J connectivity index is 2.05. The van der Waals surface area contributed by atoms with Gasteiger partial charge in [0.2, 0.25) is 0 Å². The van der Waals surface area contributed by atoms with E-state index < -0.39 is 10.2 Å². The molecule has 2 rings (SSSR count). The van der Waals surface area contributed by atoms with E-state index in [9.17, 15) is 8.42 Å². The third kappa shape index (κ3) is 1.48. The first-order valence-corrected chi connectivity index (χ1v) is 5.86. The molecule has 5 heteroatoms. The summed E-state index contributed by atoms with van der Waals surface area (Å²) in [6, 6.07) is 0. The van der Waals surface area contributed by atoms with Crippen molar-refractivity contribution in [3.05, 3.63) is 0 Å². The van der Waals surface area contributed by atoms with Crippen molar-refractivity contribution in [1.82, 2.24) is 8.61 Å². The second-order valence-corrected chi connectivity index (χ2v) is 5.29. The third-order valence-electron chi connectivity index (χ3n) is 2.37. The summed E-state index contributed by atoms with van der Waals surface area (Å²) in [5.41, 5.74) is 0. The van der Waals surface area contributed by atoms with E-state index in [-0.39, 0.29) is 0 Å². The van der Waals surface area contributed by atoms with E-state index in [1.807, 2.05) is 0 Å². The molecular formula is C7H14N2O2S. The summed E-state index contributed by atoms with van der Waals surface area (Å²) in [6.45, 7) is 2.88. The second-order valence-electron chi connectivity index (χ2n) is 3.37. The molecule has 0 N–H and O–H groups in total. The van der Waals surface area contributed by atoms with Gasteiger partial charge in [-0.15, -0.1) is 0 Å². The first kappa shape index (κ1) is 8.47. The van der Waals surface area contributed by atoms with Crippen molar-refractivity contribution in [2.24, 2.45) is 0 Å². The van der Waals surface area contributed by atoms with Gasteiger partial charge in [0.05, 0.1) is 0 Å². The van der Waals surface area contributed by atoms with Crippen LogP contribution in [0.25, 0.3) is 0 Å². The molecule has 0 unspecified atom stereocenters. The van der Waals surface area contributed by atoms with Gasteiger partial charge >= 0.3 is 0 Å². The van der Waals surface area contributed by atoms with Crippen LogP contribution in [0, 0.1) is 0 Å². The van der Waals surface area contributed by atoms with Gasteiger partial charge in [0.15, 0.2) is 0 Å². The van der Waals surface area contributed by atoms with Crippen molar-refractivity contribution in [2.75, 3.05) is 26.2 Å². The molecule has 0 aromatic heterocycles. The van der Waals surface area contributed by atoms with Crippen LogP contribution in [0.1, 0.15) is 19.3 Å². The minimum atomic E-state index is -3.02. The fourth-order valence-corrected chi connectivity index (χ4v) is 3.12. The minimum Gasteiger partial charge on any atom is -0.195 e. The van der Waals surface area contributed by atoms with Crippen LogP contribution in [-0.2, 0) is 10.2 Å². The Morgan fingerprint density at radius 2 is 1.25 bits per heavy atom. The molecule has 12 heavy (non-hydrogen) atoms. The summed E-state index contributed by atoms with van der Waals surface area (Å²) in [5, 5.41) is 0. The Morgan fingerprint density at radius 1 is 0.750 bits per heavy atom. The SMILES string of the molecule is O=S(=O)(N1CCCCC1)N1CC1. The first-order valence-electron chi connectivity index (χ1n) is 4.46. The lowest BCUT2D eigenvalue weighted by Gasteiger charge is -2.25. The number of hydrogen-bond acceptors (Lipinski definition) is 2. The highest BCUT2D eigenvalue weighted by atomic mass is 32.2. The van der Waals surface area contributed by atoms with Crippen molar-refractivity contribution in [3.63, 3.8) is 0 Å². The maximum absolute atomic E-state index is 11.6. The lowest BCUT2D eigenvalue weighted by atomic mass is 10.2. The molecular weight excluding hydrogens is 176 g/mol. The highest BCUT2D eigenvalue weighted by Gasteiger charge is 2.37. The van der Waals surface area contributed by atoms with E-state index in [4.69, 9.17) is 0 Å². The lowest BCUT2D eigenvalue weighted by Crippen LogP contribution is -2.39. The zero-order valence-electron chi connectivity index (χ0n) is 7.07. The maximum Gasteiger partial charge on any atom is 0.282 e. The van der Waals surface area contributed by atoms with E-state index in [1.165, 1.54) is 10.7 Å². The third-order valence-corrected chi connectivity index (χ3v) is 4.41. The molecule has 2 saturated heterocycles. The Bertz CT molecular complexity index is 253. The van der Waals surface area contributed by atoms with Gasteiger partial charge in [-0.25, -0.2) is 0 Å². The normalized spacial score (nSPS) is 27.3. The Hall–Kier alpha value is -0.130. The molecule has 0 amide bonds. The fourth-order valence-electron chi connectivity index (χ4n) is 1.53. The second kappa shape index (κ2) is 2.97. The summed E-state index contributed by atoms with van der Waals surface area (Å²) in [6.07, 6.45) is 3.21. The van der Waals surface area contributed by atoms with Crippen LogP contribution in [-0.4, -0.2) is 43.2 Å². The first-order chi connectivity index (χ1) is 5.71. The summed E-state index contributed by atoms with van der Waals surface area (Å²) >= 11 is 0. The van der Waals surface area contributed by atoms with E-state index in [2.05, 4.69) is 0 Å². The smallest absolute Gasteiger partial charge is 0.195 e. The molecule has 2 fully saturated rings. The number of rotatable bonds is 2. The summed E-state index contributed by atoms with van der Waals surface area (Å²) in [5.74, 6) is 0. The average molecular weight is 190 g/mol. The lowest BCUT2D eigenvalue weighted by molar-refractivity contribution is 0.334. The van der Waals surface area contributed by atoms with E-state index >= 15 is 0 Å². The Morgan fingerprint density at radius 3 is 1.75 bits per heavy atom. The zero-order valence-corrected chi connectivity index (χ0v) is 7.89. The molecule has 0 radical (unpaired) electrons. The van der Waals surface area contributed by atoms with Crippen LogP contribution in [0.3, 0.4) is 0 Å². The monoisotopic (exact) mass is 190 g/mol. The van der Waals surface area contributed by atoms with Crippen molar-refractivity contribution in [2.45, 2.75) is 19.3 Å². The molecule has 0 aliphatic carbocycles. The van der Waals surface area contributed by atoms with E-state index in [0.717, 1.165) is 39.0 Å². The van der Waals surface area contributed by atoms with Crippen molar-refractivity contribution < 1.29 is 8.42 Å². The molecule has 0 atom stereocenters. The molecule has 0 spiro atoms. The van der Waals surface area contributed by atoms with Gasteiger partial charge in [0.1, 0.15) is 0 Å². The largest absolute Gasteiger partial charge is 0.282 e. The molecule has 0 saturated carbocycles. The number of hydrogen-bond donors (Lipinski definition) is 0. The predicted octanol–water partition coefficient (Wildman–Crippen LogP) is 0.0327. The number of piperidine rings is 1. The van der Waals surface area contributed by atoms with Crippen LogP contribution in [0.4, 0.5) is 0 Å². The molecule has 2 heterocycles. The van der Waals surface area contributed by atoms with E-state index in [0.29, 0.717) is 0 Å². The summed E-state index contributed by atoms with van der Waals surface area (Å²) < 4.78 is 26.3. The predicted molar refractivity (Wildman–Crippen MR) is 45.9 cm³/mol. The van der Waals surface area contributed by atoms with Crippen molar-refractivity contribution in [3.8, 4) is 0 Å². The quantitative estimate of drug-likeness (QED) is 0.576.